The van der Waals surface area contributed by atoms with Crippen molar-refractivity contribution in [3.8, 4) is 0 Å². The van der Waals surface area contributed by atoms with Crippen LogP contribution in [0, 0.1) is 5.92 Å². The molecule has 0 amide bonds. The molecule has 0 aromatic heterocycles. The monoisotopic (exact) mass is 374 g/mol. The number of carbonyl (C=O) groups is 1. The van der Waals surface area contributed by atoms with Crippen LogP contribution in [0.3, 0.4) is 0 Å². The summed E-state index contributed by atoms with van der Waals surface area (Å²) in [5, 5.41) is 0. The van der Waals surface area contributed by atoms with E-state index in [1.54, 1.807) is 0 Å². The van der Waals surface area contributed by atoms with E-state index >= 15 is 0 Å². The first kappa shape index (κ1) is 21.2. The fourth-order valence-electron chi connectivity index (χ4n) is 2.85. The summed E-state index contributed by atoms with van der Waals surface area (Å²) in [5.74, 6) is -3.36. The van der Waals surface area contributed by atoms with Crippen LogP contribution in [0.25, 0.3) is 0 Å². The third kappa shape index (κ3) is 8.86. The molecule has 0 aromatic rings. The van der Waals surface area contributed by atoms with Crippen LogP contribution in [0.2, 0.25) is 0 Å². The van der Waals surface area contributed by atoms with Crippen LogP contribution in [0.1, 0.15) is 64.2 Å². The maximum absolute atomic E-state index is 12.8. The Balaban J connectivity index is 2.71. The molecule has 1 rings (SSSR count). The molecular formula is C15H25F3O5S. The molecule has 142 valence electrons. The van der Waals surface area contributed by atoms with Crippen molar-refractivity contribution in [2.75, 3.05) is 5.75 Å². The summed E-state index contributed by atoms with van der Waals surface area (Å²) >= 11 is 0. The normalized spacial score (nSPS) is 20.8. The number of halogens is 3. The highest BCUT2D eigenvalue weighted by Gasteiger charge is 2.46. The second-order valence-electron chi connectivity index (χ2n) is 6.32. The van der Waals surface area contributed by atoms with Crippen molar-refractivity contribution in [1.82, 2.24) is 0 Å². The summed E-state index contributed by atoms with van der Waals surface area (Å²) in [6.07, 6.45) is 0.616. The highest BCUT2D eigenvalue weighted by Crippen LogP contribution is 2.28. The maximum Gasteiger partial charge on any atom is 0.426 e. The van der Waals surface area contributed by atoms with Crippen LogP contribution in [0.15, 0.2) is 0 Å². The van der Waals surface area contributed by atoms with Gasteiger partial charge in [-0.3, -0.25) is 9.35 Å². The van der Waals surface area contributed by atoms with Crippen molar-refractivity contribution in [3.05, 3.63) is 0 Å². The van der Waals surface area contributed by atoms with Crippen molar-refractivity contribution in [2.24, 2.45) is 5.92 Å². The number of esters is 1. The number of hydrogen-bond donors (Lipinski definition) is 1. The molecule has 0 spiro atoms. The molecule has 0 aliphatic heterocycles. The average molecular weight is 374 g/mol. The van der Waals surface area contributed by atoms with Gasteiger partial charge in [-0.25, -0.2) is 0 Å². The maximum atomic E-state index is 12.8. The van der Waals surface area contributed by atoms with Gasteiger partial charge in [0.05, 0.1) is 5.92 Å². The molecule has 9 heteroatoms. The first-order valence-electron chi connectivity index (χ1n) is 8.32. The van der Waals surface area contributed by atoms with Gasteiger partial charge in [0.1, 0.15) is 5.75 Å². The third-order valence-electron chi connectivity index (χ3n) is 4.17. The van der Waals surface area contributed by atoms with Crippen LogP contribution >= 0.6 is 0 Å². The van der Waals surface area contributed by atoms with E-state index in [0.29, 0.717) is 12.8 Å². The van der Waals surface area contributed by atoms with Gasteiger partial charge in [0, 0.05) is 0 Å². The fourth-order valence-corrected chi connectivity index (χ4v) is 3.48. The molecule has 0 bridgehead atoms. The predicted octanol–water partition coefficient (Wildman–Crippen LogP) is 3.88. The summed E-state index contributed by atoms with van der Waals surface area (Å²) in [5.41, 5.74) is 0. The lowest BCUT2D eigenvalue weighted by atomic mass is 9.95. The number of rotatable bonds is 4. The van der Waals surface area contributed by atoms with Gasteiger partial charge in [0.25, 0.3) is 10.1 Å². The fraction of sp³-hybridized carbons (Fsp3) is 0.933. The molecule has 0 aromatic carbocycles. The Bertz CT molecular complexity index is 478. The standard InChI is InChI=1S/C15H25F3O5S/c16-15(17,18)13(11-24(20,21)22)23-14(19)12-9-7-5-3-1-2-4-6-8-10-12/h12-13H,1-11H2,(H,20,21,22). The summed E-state index contributed by atoms with van der Waals surface area (Å²) in [6, 6.07) is 0. The lowest BCUT2D eigenvalue weighted by Gasteiger charge is -2.23. The highest BCUT2D eigenvalue weighted by molar-refractivity contribution is 7.85. The van der Waals surface area contributed by atoms with Crippen molar-refractivity contribution >= 4 is 16.1 Å². The summed E-state index contributed by atoms with van der Waals surface area (Å²) in [6.45, 7) is 0. The zero-order chi connectivity index (χ0) is 18.2. The Labute approximate surface area is 140 Å². The SMILES string of the molecule is O=C(OC(CS(=O)(=O)O)C(F)(F)F)C1CCCCCCCCCC1. The lowest BCUT2D eigenvalue weighted by molar-refractivity contribution is -0.217. The van der Waals surface area contributed by atoms with Gasteiger partial charge >= 0.3 is 12.1 Å². The van der Waals surface area contributed by atoms with Gasteiger partial charge in [-0.05, 0) is 12.8 Å². The molecular weight excluding hydrogens is 349 g/mol. The molecule has 1 N–H and O–H groups in total. The molecule has 0 saturated heterocycles. The van der Waals surface area contributed by atoms with Crippen molar-refractivity contribution in [3.63, 3.8) is 0 Å². The minimum atomic E-state index is -5.04. The van der Waals surface area contributed by atoms with E-state index in [-0.39, 0.29) is 0 Å². The molecule has 1 aliphatic rings. The number of alkyl halides is 3. The molecule has 5 nitrogen and oxygen atoms in total. The smallest absolute Gasteiger partial charge is 0.426 e. The second-order valence-corrected chi connectivity index (χ2v) is 7.82. The first-order valence-corrected chi connectivity index (χ1v) is 9.93. The second kappa shape index (κ2) is 9.60. The number of hydrogen-bond acceptors (Lipinski definition) is 4. The minimum absolute atomic E-state index is 0.440. The van der Waals surface area contributed by atoms with Crippen molar-refractivity contribution in [2.45, 2.75) is 76.5 Å². The van der Waals surface area contributed by atoms with Gasteiger partial charge < -0.3 is 4.74 Å². The molecule has 24 heavy (non-hydrogen) atoms. The number of ether oxygens (including phenoxy) is 1. The van der Waals surface area contributed by atoms with Gasteiger partial charge in [0.15, 0.2) is 0 Å². The van der Waals surface area contributed by atoms with E-state index in [2.05, 4.69) is 4.74 Å². The molecule has 0 radical (unpaired) electrons. The Hall–Kier alpha value is -0.830. The van der Waals surface area contributed by atoms with E-state index in [9.17, 15) is 26.4 Å². The van der Waals surface area contributed by atoms with Crippen LogP contribution in [0.5, 0.6) is 0 Å². The van der Waals surface area contributed by atoms with Gasteiger partial charge in [-0.2, -0.15) is 21.6 Å². The van der Waals surface area contributed by atoms with Crippen LogP contribution in [0.4, 0.5) is 13.2 Å². The van der Waals surface area contributed by atoms with E-state index in [0.717, 1.165) is 51.4 Å². The van der Waals surface area contributed by atoms with Crippen LogP contribution in [-0.4, -0.2) is 37.0 Å². The van der Waals surface area contributed by atoms with Crippen molar-refractivity contribution < 1.29 is 35.7 Å². The average Bonchev–Trinajstić information content (AvgIpc) is 2.49. The Morgan fingerprint density at radius 1 is 1.00 bits per heavy atom. The van der Waals surface area contributed by atoms with Crippen LogP contribution < -0.4 is 0 Å². The van der Waals surface area contributed by atoms with Gasteiger partial charge in [-0.15, -0.1) is 0 Å². The summed E-state index contributed by atoms with van der Waals surface area (Å²) in [4.78, 5) is 12.1. The molecule has 1 unspecified atom stereocenters. The Kier molecular flexibility index (Phi) is 8.49. The molecule has 1 atom stereocenters. The third-order valence-corrected chi connectivity index (χ3v) is 4.90. The predicted molar refractivity (Wildman–Crippen MR) is 82.0 cm³/mol. The van der Waals surface area contributed by atoms with E-state index < -0.39 is 40.0 Å². The topological polar surface area (TPSA) is 80.7 Å². The molecule has 0 heterocycles. The van der Waals surface area contributed by atoms with E-state index in [4.69, 9.17) is 4.55 Å². The molecule has 1 aliphatic carbocycles. The number of carbonyl (C=O) groups excluding carboxylic acids is 1. The lowest BCUT2D eigenvalue weighted by Crippen LogP contribution is -2.40. The van der Waals surface area contributed by atoms with Crippen molar-refractivity contribution in [1.29, 1.82) is 0 Å². The Morgan fingerprint density at radius 2 is 1.42 bits per heavy atom. The van der Waals surface area contributed by atoms with E-state index in [1.165, 1.54) is 0 Å². The molecule has 1 fully saturated rings. The first-order chi connectivity index (χ1) is 11.1. The quantitative estimate of drug-likeness (QED) is 0.597. The van der Waals surface area contributed by atoms with Crippen LogP contribution in [-0.2, 0) is 19.6 Å². The van der Waals surface area contributed by atoms with Gasteiger partial charge in [-0.1, -0.05) is 51.4 Å². The molecule has 1 saturated carbocycles. The zero-order valence-electron chi connectivity index (χ0n) is 13.6. The minimum Gasteiger partial charge on any atom is -0.451 e. The zero-order valence-corrected chi connectivity index (χ0v) is 14.4. The van der Waals surface area contributed by atoms with E-state index in [1.807, 2.05) is 0 Å². The summed E-state index contributed by atoms with van der Waals surface area (Å²) in [7, 11) is -4.91. The Morgan fingerprint density at radius 3 is 1.79 bits per heavy atom. The van der Waals surface area contributed by atoms with Gasteiger partial charge in [0.2, 0.25) is 6.10 Å². The summed E-state index contributed by atoms with van der Waals surface area (Å²) < 4.78 is 73.1. The largest absolute Gasteiger partial charge is 0.451 e. The highest BCUT2D eigenvalue weighted by atomic mass is 32.2.